The molecule has 2 aromatic rings. The van der Waals surface area contributed by atoms with Gasteiger partial charge in [-0.2, -0.15) is 0 Å². The van der Waals surface area contributed by atoms with E-state index in [1.165, 1.54) is 0 Å². The molecule has 0 bridgehead atoms. The van der Waals surface area contributed by atoms with E-state index in [0.29, 0.717) is 13.2 Å². The van der Waals surface area contributed by atoms with Gasteiger partial charge in [0.25, 0.3) is 0 Å². The van der Waals surface area contributed by atoms with Crippen LogP contribution in [0.25, 0.3) is 0 Å². The number of thioether (sulfide) groups is 1. The molecule has 4 rings (SSSR count). The van der Waals surface area contributed by atoms with Crippen LogP contribution in [0.2, 0.25) is 0 Å². The fourth-order valence-electron chi connectivity index (χ4n) is 3.84. The van der Waals surface area contributed by atoms with Crippen molar-refractivity contribution in [3.8, 4) is 0 Å². The summed E-state index contributed by atoms with van der Waals surface area (Å²) >= 11 is 1.73. The van der Waals surface area contributed by atoms with Gasteiger partial charge in [-0.25, -0.2) is 0 Å². The van der Waals surface area contributed by atoms with Crippen LogP contribution >= 0.6 is 11.8 Å². The highest BCUT2D eigenvalue weighted by Gasteiger charge is 2.50. The van der Waals surface area contributed by atoms with E-state index >= 15 is 0 Å². The molecule has 156 valence electrons. The minimum absolute atomic E-state index is 0.129. The number of ether oxygens (including phenoxy) is 5. The van der Waals surface area contributed by atoms with Crippen LogP contribution < -0.4 is 0 Å². The molecule has 2 heterocycles. The van der Waals surface area contributed by atoms with E-state index in [2.05, 4.69) is 19.1 Å². The molecular formula is C23H28O5S. The molecule has 0 spiro atoms. The third-order valence-corrected chi connectivity index (χ3v) is 6.29. The fraction of sp³-hybridized carbons (Fsp3) is 0.478. The fourth-order valence-corrected chi connectivity index (χ4v) is 4.81. The Morgan fingerprint density at radius 2 is 1.69 bits per heavy atom. The standard InChI is InChI=1S/C23H28O5S/c1-3-29-23-21(25-14-16-10-6-4-7-11-16)20(24-2)19-18(27-23)15-26-22(28-19)17-12-8-5-9-13-17/h4-13,18-23H,3,14-15H2,1-2H3/t18?,19-,20+,21?,22?,23+/m1/s1. The molecule has 3 unspecified atom stereocenters. The molecule has 6 atom stereocenters. The maximum absolute atomic E-state index is 6.36. The van der Waals surface area contributed by atoms with Gasteiger partial charge >= 0.3 is 0 Å². The summed E-state index contributed by atoms with van der Waals surface area (Å²) in [6, 6.07) is 20.1. The second-order valence-electron chi connectivity index (χ2n) is 7.14. The topological polar surface area (TPSA) is 46.2 Å². The molecule has 2 fully saturated rings. The molecule has 5 nitrogen and oxygen atoms in total. The lowest BCUT2D eigenvalue weighted by molar-refractivity contribution is -0.325. The molecule has 0 amide bonds. The molecule has 0 radical (unpaired) electrons. The average Bonchev–Trinajstić information content (AvgIpc) is 2.78. The molecular weight excluding hydrogens is 388 g/mol. The first-order chi connectivity index (χ1) is 14.3. The minimum atomic E-state index is -0.427. The molecule has 2 aliphatic heterocycles. The Hall–Kier alpha value is -1.41. The van der Waals surface area contributed by atoms with Gasteiger partial charge in [-0.05, 0) is 11.3 Å². The molecule has 0 N–H and O–H groups in total. The summed E-state index contributed by atoms with van der Waals surface area (Å²) in [5, 5.41) is 0. The van der Waals surface area contributed by atoms with Gasteiger partial charge in [-0.1, -0.05) is 67.6 Å². The lowest BCUT2D eigenvalue weighted by Crippen LogP contribution is -2.62. The van der Waals surface area contributed by atoms with E-state index in [0.717, 1.165) is 16.9 Å². The zero-order valence-corrected chi connectivity index (χ0v) is 17.6. The Labute approximate surface area is 176 Å². The van der Waals surface area contributed by atoms with Crippen molar-refractivity contribution < 1.29 is 23.7 Å². The van der Waals surface area contributed by atoms with Crippen LogP contribution in [0.3, 0.4) is 0 Å². The van der Waals surface area contributed by atoms with Crippen LogP contribution in [0.1, 0.15) is 24.3 Å². The molecule has 0 aromatic heterocycles. The number of fused-ring (bicyclic) bond motifs is 1. The van der Waals surface area contributed by atoms with Crippen LogP contribution in [-0.2, 0) is 30.3 Å². The largest absolute Gasteiger partial charge is 0.376 e. The molecule has 2 aliphatic rings. The minimum Gasteiger partial charge on any atom is -0.376 e. The molecule has 0 aliphatic carbocycles. The van der Waals surface area contributed by atoms with Crippen molar-refractivity contribution >= 4 is 11.8 Å². The Bertz CT molecular complexity index is 743. The Morgan fingerprint density at radius 1 is 0.966 bits per heavy atom. The van der Waals surface area contributed by atoms with E-state index in [1.54, 1.807) is 18.9 Å². The third kappa shape index (κ3) is 4.85. The van der Waals surface area contributed by atoms with E-state index in [4.69, 9.17) is 23.7 Å². The second kappa shape index (κ2) is 10.1. The maximum Gasteiger partial charge on any atom is 0.184 e. The van der Waals surface area contributed by atoms with Crippen molar-refractivity contribution in [2.24, 2.45) is 0 Å². The van der Waals surface area contributed by atoms with Crippen molar-refractivity contribution in [3.05, 3.63) is 71.8 Å². The molecule has 2 saturated heterocycles. The number of hydrogen-bond donors (Lipinski definition) is 0. The van der Waals surface area contributed by atoms with E-state index in [9.17, 15) is 0 Å². The van der Waals surface area contributed by atoms with E-state index in [1.807, 2.05) is 48.5 Å². The molecule has 29 heavy (non-hydrogen) atoms. The first kappa shape index (κ1) is 20.8. The zero-order valence-electron chi connectivity index (χ0n) is 16.8. The average molecular weight is 417 g/mol. The summed E-state index contributed by atoms with van der Waals surface area (Å²) in [6.07, 6.45) is -1.34. The highest BCUT2D eigenvalue weighted by atomic mass is 32.2. The Balaban J connectivity index is 1.51. The molecule has 6 heteroatoms. The lowest BCUT2D eigenvalue weighted by Gasteiger charge is -2.48. The van der Waals surface area contributed by atoms with Gasteiger partial charge in [0.15, 0.2) is 6.29 Å². The highest BCUT2D eigenvalue weighted by Crippen LogP contribution is 2.39. The van der Waals surface area contributed by atoms with E-state index < -0.39 is 6.29 Å². The van der Waals surface area contributed by atoms with Gasteiger partial charge < -0.3 is 23.7 Å². The number of rotatable bonds is 7. The van der Waals surface area contributed by atoms with Crippen LogP contribution in [0, 0.1) is 0 Å². The summed E-state index contributed by atoms with van der Waals surface area (Å²) in [4.78, 5) is 0. The molecule has 0 saturated carbocycles. The summed E-state index contributed by atoms with van der Waals surface area (Å²) in [6.45, 7) is 3.09. The normalized spacial score (nSPS) is 31.9. The quantitative estimate of drug-likeness (QED) is 0.675. The van der Waals surface area contributed by atoms with Gasteiger partial charge in [-0.15, -0.1) is 11.8 Å². The predicted octanol–water partition coefficient (Wildman–Crippen LogP) is 4.18. The first-order valence-electron chi connectivity index (χ1n) is 10.1. The van der Waals surface area contributed by atoms with Crippen LogP contribution in [0.5, 0.6) is 0 Å². The highest BCUT2D eigenvalue weighted by molar-refractivity contribution is 7.99. The van der Waals surface area contributed by atoms with E-state index in [-0.39, 0.29) is 29.9 Å². The smallest absolute Gasteiger partial charge is 0.184 e. The van der Waals surface area contributed by atoms with Crippen molar-refractivity contribution in [3.63, 3.8) is 0 Å². The van der Waals surface area contributed by atoms with Crippen molar-refractivity contribution in [2.45, 2.75) is 49.7 Å². The van der Waals surface area contributed by atoms with Gasteiger partial charge in [0, 0.05) is 12.7 Å². The van der Waals surface area contributed by atoms with Crippen LogP contribution in [0.4, 0.5) is 0 Å². The Morgan fingerprint density at radius 3 is 2.38 bits per heavy atom. The summed E-state index contributed by atoms with van der Waals surface area (Å²) in [5.41, 5.74) is 1.99. The number of hydrogen-bond acceptors (Lipinski definition) is 6. The van der Waals surface area contributed by atoms with Gasteiger partial charge in [0.1, 0.15) is 29.9 Å². The van der Waals surface area contributed by atoms with Crippen LogP contribution in [0.15, 0.2) is 60.7 Å². The Kier molecular flexibility index (Phi) is 7.24. The van der Waals surface area contributed by atoms with Gasteiger partial charge in [-0.3, -0.25) is 0 Å². The zero-order chi connectivity index (χ0) is 20.1. The van der Waals surface area contributed by atoms with Gasteiger partial charge in [0.05, 0.1) is 13.2 Å². The third-order valence-electron chi connectivity index (χ3n) is 5.24. The summed E-state index contributed by atoms with van der Waals surface area (Å²) in [7, 11) is 1.72. The van der Waals surface area contributed by atoms with Crippen molar-refractivity contribution in [2.75, 3.05) is 19.5 Å². The summed E-state index contributed by atoms with van der Waals surface area (Å²) < 4.78 is 30.9. The monoisotopic (exact) mass is 416 g/mol. The van der Waals surface area contributed by atoms with Crippen LogP contribution in [-0.4, -0.2) is 49.3 Å². The maximum atomic E-state index is 6.36. The SMILES string of the molecule is CCS[C@@H]1OC2COC(c3ccccc3)O[C@H]2[C@H](OC)C1OCc1ccccc1. The lowest BCUT2D eigenvalue weighted by atomic mass is 9.98. The van der Waals surface area contributed by atoms with Crippen molar-refractivity contribution in [1.29, 1.82) is 0 Å². The number of methoxy groups -OCH3 is 1. The second-order valence-corrected chi connectivity index (χ2v) is 8.51. The van der Waals surface area contributed by atoms with Crippen molar-refractivity contribution in [1.82, 2.24) is 0 Å². The first-order valence-corrected chi connectivity index (χ1v) is 11.1. The summed E-state index contributed by atoms with van der Waals surface area (Å²) in [5.74, 6) is 0.929. The number of benzene rings is 2. The van der Waals surface area contributed by atoms with Gasteiger partial charge in [0.2, 0.25) is 0 Å². The predicted molar refractivity (Wildman–Crippen MR) is 113 cm³/mol. The molecule has 2 aromatic carbocycles.